The molecule has 1 aromatic carbocycles. The second-order valence-corrected chi connectivity index (χ2v) is 8.69. The van der Waals surface area contributed by atoms with Crippen molar-refractivity contribution in [2.75, 3.05) is 7.11 Å². The molecule has 2 N–H and O–H groups in total. The summed E-state index contributed by atoms with van der Waals surface area (Å²) in [6.45, 7) is 1.76. The molecule has 6 nitrogen and oxygen atoms in total. The average Bonchev–Trinajstić information content (AvgIpc) is 2.68. The van der Waals surface area contributed by atoms with Crippen molar-refractivity contribution >= 4 is 17.5 Å². The number of para-hydroxylation sites is 1. The highest BCUT2D eigenvalue weighted by Crippen LogP contribution is 2.53. The number of hydrogen-bond donors (Lipinski definition) is 2. The van der Waals surface area contributed by atoms with Crippen LogP contribution in [0.1, 0.15) is 55.8 Å². The number of methoxy groups -OCH3 is 1. The number of rotatable bonds is 6. The third kappa shape index (κ3) is 3.91. The van der Waals surface area contributed by atoms with Crippen LogP contribution >= 0.6 is 0 Å². The van der Waals surface area contributed by atoms with Crippen LogP contribution in [0.3, 0.4) is 0 Å². The van der Waals surface area contributed by atoms with Gasteiger partial charge >= 0.3 is 0 Å². The van der Waals surface area contributed by atoms with Crippen molar-refractivity contribution < 1.29 is 14.3 Å². The standard InChI is InChI=1S/C22H29N3O3/c1-13(24-25-22(27)18-5-3-4-6-19(18)28-2)7-20(26)23-21-16-9-14-8-15(11-16)12-17(21)10-14/h3-6,14-17,21H,7-12H2,1-2H3,(H,23,26)(H,25,27)/b24-13-. The first-order valence-electron chi connectivity index (χ1n) is 10.3. The summed E-state index contributed by atoms with van der Waals surface area (Å²) in [7, 11) is 1.52. The summed E-state index contributed by atoms with van der Waals surface area (Å²) in [5.41, 5.74) is 3.53. The third-order valence-corrected chi connectivity index (χ3v) is 6.67. The van der Waals surface area contributed by atoms with Crippen LogP contribution in [-0.4, -0.2) is 30.7 Å². The van der Waals surface area contributed by atoms with E-state index in [1.807, 2.05) is 0 Å². The number of hydrogen-bond acceptors (Lipinski definition) is 4. The van der Waals surface area contributed by atoms with Gasteiger partial charge in [0.15, 0.2) is 0 Å². The number of ether oxygens (including phenoxy) is 1. The summed E-state index contributed by atoms with van der Waals surface area (Å²) in [6, 6.07) is 7.31. The Morgan fingerprint density at radius 1 is 1.07 bits per heavy atom. The fourth-order valence-electron chi connectivity index (χ4n) is 5.71. The zero-order valence-electron chi connectivity index (χ0n) is 16.6. The van der Waals surface area contributed by atoms with E-state index in [1.165, 1.54) is 39.2 Å². The Kier molecular flexibility index (Phi) is 5.38. The summed E-state index contributed by atoms with van der Waals surface area (Å²) in [6.07, 6.45) is 6.72. The first-order valence-corrected chi connectivity index (χ1v) is 10.3. The van der Waals surface area contributed by atoms with Gasteiger partial charge in [-0.25, -0.2) is 5.43 Å². The topological polar surface area (TPSA) is 79.8 Å². The van der Waals surface area contributed by atoms with Crippen LogP contribution in [0, 0.1) is 23.7 Å². The van der Waals surface area contributed by atoms with Gasteiger partial charge in [-0.15, -0.1) is 0 Å². The number of benzene rings is 1. The molecule has 4 aliphatic rings. The van der Waals surface area contributed by atoms with Gasteiger partial charge in [0.25, 0.3) is 5.91 Å². The second-order valence-electron chi connectivity index (χ2n) is 8.69. The minimum Gasteiger partial charge on any atom is -0.496 e. The molecule has 0 unspecified atom stereocenters. The normalized spacial score (nSPS) is 30.8. The zero-order valence-corrected chi connectivity index (χ0v) is 16.6. The van der Waals surface area contributed by atoms with Crippen LogP contribution in [0.25, 0.3) is 0 Å². The molecule has 1 aromatic rings. The maximum atomic E-state index is 12.5. The van der Waals surface area contributed by atoms with Gasteiger partial charge in [0.05, 0.1) is 19.1 Å². The third-order valence-electron chi connectivity index (χ3n) is 6.67. The first-order chi connectivity index (χ1) is 13.5. The van der Waals surface area contributed by atoms with Gasteiger partial charge in [-0.05, 0) is 74.8 Å². The molecule has 6 heteroatoms. The van der Waals surface area contributed by atoms with Crippen LogP contribution < -0.4 is 15.5 Å². The number of amides is 2. The van der Waals surface area contributed by atoms with Crippen molar-refractivity contribution in [2.45, 2.75) is 51.5 Å². The average molecular weight is 383 g/mol. The van der Waals surface area contributed by atoms with Crippen molar-refractivity contribution in [3.8, 4) is 5.75 Å². The highest BCUT2D eigenvalue weighted by molar-refractivity contribution is 6.01. The fourth-order valence-corrected chi connectivity index (χ4v) is 5.71. The highest BCUT2D eigenvalue weighted by atomic mass is 16.5. The lowest BCUT2D eigenvalue weighted by atomic mass is 9.54. The summed E-state index contributed by atoms with van der Waals surface area (Å²) >= 11 is 0. The Hall–Kier alpha value is -2.37. The van der Waals surface area contributed by atoms with Gasteiger partial charge in [-0.2, -0.15) is 5.10 Å². The number of nitrogens with zero attached hydrogens (tertiary/aromatic N) is 1. The molecule has 4 aliphatic carbocycles. The molecule has 4 saturated carbocycles. The van der Waals surface area contributed by atoms with E-state index in [2.05, 4.69) is 15.8 Å². The molecule has 4 bridgehead atoms. The lowest BCUT2D eigenvalue weighted by Crippen LogP contribution is -2.56. The van der Waals surface area contributed by atoms with E-state index in [0.717, 1.165) is 11.8 Å². The van der Waals surface area contributed by atoms with E-state index in [0.29, 0.717) is 34.9 Å². The van der Waals surface area contributed by atoms with Gasteiger partial charge in [-0.1, -0.05) is 12.1 Å². The Balaban J connectivity index is 1.30. The minimum absolute atomic E-state index is 0.00487. The lowest BCUT2D eigenvalue weighted by Gasteiger charge is -2.54. The molecule has 0 aliphatic heterocycles. The van der Waals surface area contributed by atoms with Crippen LogP contribution in [0.4, 0.5) is 0 Å². The second kappa shape index (κ2) is 7.94. The predicted molar refractivity (Wildman–Crippen MR) is 107 cm³/mol. The van der Waals surface area contributed by atoms with Crippen LogP contribution in [0.2, 0.25) is 0 Å². The van der Waals surface area contributed by atoms with E-state index in [-0.39, 0.29) is 18.2 Å². The quantitative estimate of drug-likeness (QED) is 0.585. The first kappa shape index (κ1) is 19.0. The SMILES string of the molecule is COc1ccccc1C(=O)N/N=C(/C)CC(=O)NC1C2CC3CC(C2)CC1C3. The number of carbonyl (C=O) groups excluding carboxylic acids is 2. The van der Waals surface area contributed by atoms with Crippen LogP contribution in [-0.2, 0) is 4.79 Å². The molecule has 28 heavy (non-hydrogen) atoms. The largest absolute Gasteiger partial charge is 0.496 e. The Morgan fingerprint density at radius 3 is 2.36 bits per heavy atom. The number of nitrogens with one attached hydrogen (secondary N) is 2. The van der Waals surface area contributed by atoms with Crippen molar-refractivity contribution in [3.63, 3.8) is 0 Å². The predicted octanol–water partition coefficient (Wildman–Crippen LogP) is 3.13. The lowest BCUT2D eigenvalue weighted by molar-refractivity contribution is -0.123. The smallest absolute Gasteiger partial charge is 0.275 e. The molecule has 150 valence electrons. The molecule has 0 saturated heterocycles. The zero-order chi connectivity index (χ0) is 19.7. The molecule has 0 atom stereocenters. The minimum atomic E-state index is -0.349. The fraction of sp³-hybridized carbons (Fsp3) is 0.591. The molecule has 0 heterocycles. The van der Waals surface area contributed by atoms with Crippen LogP contribution in [0.15, 0.2) is 29.4 Å². The summed E-state index contributed by atoms with van der Waals surface area (Å²) < 4.78 is 5.20. The summed E-state index contributed by atoms with van der Waals surface area (Å²) in [5, 5.41) is 7.38. The Labute approximate surface area is 166 Å². The van der Waals surface area contributed by atoms with E-state index in [1.54, 1.807) is 31.2 Å². The van der Waals surface area contributed by atoms with Crippen LogP contribution in [0.5, 0.6) is 5.75 Å². The van der Waals surface area contributed by atoms with Crippen molar-refractivity contribution in [3.05, 3.63) is 29.8 Å². The molecule has 0 aromatic heterocycles. The van der Waals surface area contributed by atoms with Crippen molar-refractivity contribution in [2.24, 2.45) is 28.8 Å². The molecule has 4 fully saturated rings. The Bertz CT molecular complexity index is 761. The number of hydrazone groups is 1. The molecule has 5 rings (SSSR count). The molecule has 0 radical (unpaired) electrons. The van der Waals surface area contributed by atoms with Gasteiger partial charge in [0.1, 0.15) is 5.75 Å². The molecule has 0 spiro atoms. The molecular weight excluding hydrogens is 354 g/mol. The molecular formula is C22H29N3O3. The van der Waals surface area contributed by atoms with E-state index in [4.69, 9.17) is 4.74 Å². The van der Waals surface area contributed by atoms with E-state index < -0.39 is 0 Å². The van der Waals surface area contributed by atoms with Gasteiger partial charge < -0.3 is 10.1 Å². The summed E-state index contributed by atoms with van der Waals surface area (Å²) in [5.74, 6) is 3.25. The molecule has 2 amide bonds. The van der Waals surface area contributed by atoms with E-state index in [9.17, 15) is 9.59 Å². The van der Waals surface area contributed by atoms with Gasteiger partial charge in [-0.3, -0.25) is 9.59 Å². The van der Waals surface area contributed by atoms with Crippen molar-refractivity contribution in [1.29, 1.82) is 0 Å². The monoisotopic (exact) mass is 383 g/mol. The maximum absolute atomic E-state index is 12.5. The summed E-state index contributed by atoms with van der Waals surface area (Å²) in [4.78, 5) is 24.8. The Morgan fingerprint density at radius 2 is 1.71 bits per heavy atom. The van der Waals surface area contributed by atoms with E-state index >= 15 is 0 Å². The van der Waals surface area contributed by atoms with Crippen molar-refractivity contribution in [1.82, 2.24) is 10.7 Å². The van der Waals surface area contributed by atoms with Gasteiger partial charge in [0.2, 0.25) is 5.91 Å². The number of carbonyl (C=O) groups is 2. The van der Waals surface area contributed by atoms with Gasteiger partial charge in [0, 0.05) is 11.8 Å². The highest BCUT2D eigenvalue weighted by Gasteiger charge is 2.48. The maximum Gasteiger partial charge on any atom is 0.275 e.